The van der Waals surface area contributed by atoms with Crippen LogP contribution in [0, 0.1) is 10.1 Å². The second-order valence-electron chi connectivity index (χ2n) is 4.02. The van der Waals surface area contributed by atoms with Crippen molar-refractivity contribution in [1.82, 2.24) is 0 Å². The second kappa shape index (κ2) is 6.10. The Bertz CT molecular complexity index is 399. The topological polar surface area (TPSA) is 80.4 Å². The van der Waals surface area contributed by atoms with Gasteiger partial charge in [0.05, 0.1) is 11.0 Å². The van der Waals surface area contributed by atoms with Gasteiger partial charge >= 0.3 is 0 Å². The average Bonchev–Trinajstić information content (AvgIpc) is 2.26. The largest absolute Gasteiger partial charge is 0.393 e. The number of nitro benzene ring substituents is 1. The van der Waals surface area contributed by atoms with Gasteiger partial charge in [-0.1, -0.05) is 12.1 Å². The van der Waals surface area contributed by atoms with Crippen LogP contribution in [0.25, 0.3) is 0 Å². The fourth-order valence-corrected chi connectivity index (χ4v) is 1.55. The fourth-order valence-electron chi connectivity index (χ4n) is 1.55. The highest BCUT2D eigenvalue weighted by Crippen LogP contribution is 2.14. The summed E-state index contributed by atoms with van der Waals surface area (Å²) in [5.74, 6) is -0.0406. The number of aryl methyl sites for hydroxylation is 1. The predicted octanol–water partition coefficient (Wildman–Crippen LogP) is 1.87. The molecule has 0 saturated heterocycles. The first-order valence-electron chi connectivity index (χ1n) is 5.40. The Morgan fingerprint density at radius 3 is 2.47 bits per heavy atom. The van der Waals surface area contributed by atoms with E-state index in [0.29, 0.717) is 12.8 Å². The molecule has 1 aromatic carbocycles. The van der Waals surface area contributed by atoms with Gasteiger partial charge in [-0.2, -0.15) is 0 Å². The third-order valence-electron chi connectivity index (χ3n) is 2.44. The average molecular weight is 237 g/mol. The van der Waals surface area contributed by atoms with E-state index in [1.807, 2.05) is 0 Å². The third kappa shape index (κ3) is 4.74. The van der Waals surface area contributed by atoms with Gasteiger partial charge in [0.2, 0.25) is 0 Å². The van der Waals surface area contributed by atoms with Gasteiger partial charge in [-0.25, -0.2) is 0 Å². The standard InChI is InChI=1S/C12H15NO4/c1-9(14)8-12(15)7-4-10-2-5-11(6-3-10)13(16)17/h2-3,5-6,12,15H,4,7-8H2,1H3. The smallest absolute Gasteiger partial charge is 0.269 e. The molecule has 0 aliphatic heterocycles. The zero-order valence-corrected chi connectivity index (χ0v) is 9.63. The van der Waals surface area contributed by atoms with E-state index in [1.54, 1.807) is 12.1 Å². The Hall–Kier alpha value is -1.75. The molecule has 0 saturated carbocycles. The van der Waals surface area contributed by atoms with Crippen LogP contribution < -0.4 is 0 Å². The molecule has 1 N–H and O–H groups in total. The highest BCUT2D eigenvalue weighted by atomic mass is 16.6. The van der Waals surface area contributed by atoms with Crippen LogP contribution in [0.5, 0.6) is 0 Å². The van der Waals surface area contributed by atoms with E-state index in [4.69, 9.17) is 0 Å². The van der Waals surface area contributed by atoms with E-state index in [-0.39, 0.29) is 17.9 Å². The van der Waals surface area contributed by atoms with Gasteiger partial charge in [0.15, 0.2) is 0 Å². The van der Waals surface area contributed by atoms with Crippen LogP contribution in [0.1, 0.15) is 25.3 Å². The van der Waals surface area contributed by atoms with Gasteiger partial charge in [-0.3, -0.25) is 14.9 Å². The van der Waals surface area contributed by atoms with Crippen molar-refractivity contribution >= 4 is 11.5 Å². The summed E-state index contributed by atoms with van der Waals surface area (Å²) in [4.78, 5) is 20.7. The lowest BCUT2D eigenvalue weighted by Crippen LogP contribution is -2.12. The van der Waals surface area contributed by atoms with Crippen LogP contribution in [0.2, 0.25) is 0 Å². The Morgan fingerprint density at radius 1 is 1.41 bits per heavy atom. The van der Waals surface area contributed by atoms with Crippen LogP contribution in [-0.4, -0.2) is 21.9 Å². The molecule has 92 valence electrons. The zero-order chi connectivity index (χ0) is 12.8. The number of Topliss-reactive ketones (excluding diaryl/α,β-unsaturated/α-hetero) is 1. The Labute approximate surface area is 99.2 Å². The van der Waals surface area contributed by atoms with Crippen molar-refractivity contribution in [2.45, 2.75) is 32.3 Å². The van der Waals surface area contributed by atoms with Crippen LogP contribution in [0.15, 0.2) is 24.3 Å². The second-order valence-corrected chi connectivity index (χ2v) is 4.02. The maximum Gasteiger partial charge on any atom is 0.269 e. The molecule has 0 heterocycles. The number of nitro groups is 1. The maximum absolute atomic E-state index is 10.8. The van der Waals surface area contributed by atoms with Crippen molar-refractivity contribution in [1.29, 1.82) is 0 Å². The maximum atomic E-state index is 10.8. The molecule has 1 aromatic rings. The van der Waals surface area contributed by atoms with Gasteiger partial charge < -0.3 is 5.11 Å². The van der Waals surface area contributed by atoms with E-state index in [1.165, 1.54) is 19.1 Å². The number of hydrogen-bond acceptors (Lipinski definition) is 4. The van der Waals surface area contributed by atoms with Crippen molar-refractivity contribution in [3.05, 3.63) is 39.9 Å². The van der Waals surface area contributed by atoms with E-state index in [2.05, 4.69) is 0 Å². The summed E-state index contributed by atoms with van der Waals surface area (Å²) >= 11 is 0. The molecule has 0 aliphatic rings. The summed E-state index contributed by atoms with van der Waals surface area (Å²) in [5.41, 5.74) is 0.969. The molecular formula is C12H15NO4. The first-order valence-corrected chi connectivity index (χ1v) is 5.40. The van der Waals surface area contributed by atoms with E-state index >= 15 is 0 Å². The number of aliphatic hydroxyl groups is 1. The van der Waals surface area contributed by atoms with Crippen LogP contribution in [0.4, 0.5) is 5.69 Å². The minimum absolute atomic E-state index is 0.0406. The van der Waals surface area contributed by atoms with Crippen LogP contribution >= 0.6 is 0 Å². The molecule has 0 aromatic heterocycles. The van der Waals surface area contributed by atoms with E-state index in [9.17, 15) is 20.0 Å². The van der Waals surface area contributed by atoms with Crippen molar-refractivity contribution < 1.29 is 14.8 Å². The molecule has 0 radical (unpaired) electrons. The van der Waals surface area contributed by atoms with Crippen molar-refractivity contribution in [3.63, 3.8) is 0 Å². The molecule has 0 amide bonds. The first kappa shape index (κ1) is 13.3. The molecule has 1 atom stereocenters. The van der Waals surface area contributed by atoms with Gasteiger partial charge in [-0.05, 0) is 25.3 Å². The molecule has 0 bridgehead atoms. The first-order chi connectivity index (χ1) is 7.99. The summed E-state index contributed by atoms with van der Waals surface area (Å²) in [7, 11) is 0. The van der Waals surface area contributed by atoms with Gasteiger partial charge in [-0.15, -0.1) is 0 Å². The molecule has 5 heteroatoms. The molecule has 1 unspecified atom stereocenters. The highest BCUT2D eigenvalue weighted by Gasteiger charge is 2.08. The highest BCUT2D eigenvalue weighted by molar-refractivity contribution is 5.75. The number of carbonyl (C=O) groups excluding carboxylic acids is 1. The lowest BCUT2D eigenvalue weighted by molar-refractivity contribution is -0.384. The molecule has 17 heavy (non-hydrogen) atoms. The normalized spacial score (nSPS) is 12.1. The SMILES string of the molecule is CC(=O)CC(O)CCc1ccc([N+](=O)[O-])cc1. The zero-order valence-electron chi connectivity index (χ0n) is 9.63. The Kier molecular flexibility index (Phi) is 4.78. The number of non-ortho nitro benzene ring substituents is 1. The summed E-state index contributed by atoms with van der Waals surface area (Å²) in [6.45, 7) is 1.44. The number of ketones is 1. The number of benzene rings is 1. The number of nitrogens with zero attached hydrogens (tertiary/aromatic N) is 1. The van der Waals surface area contributed by atoms with Crippen molar-refractivity contribution in [2.75, 3.05) is 0 Å². The molecule has 5 nitrogen and oxygen atoms in total. The van der Waals surface area contributed by atoms with Crippen molar-refractivity contribution in [3.8, 4) is 0 Å². The molecule has 0 fully saturated rings. The summed E-state index contributed by atoms with van der Waals surface area (Å²) in [5, 5.41) is 19.9. The summed E-state index contributed by atoms with van der Waals surface area (Å²) < 4.78 is 0. The predicted molar refractivity (Wildman–Crippen MR) is 62.7 cm³/mol. The number of aliphatic hydroxyl groups excluding tert-OH is 1. The van der Waals surface area contributed by atoms with Crippen molar-refractivity contribution in [2.24, 2.45) is 0 Å². The molecule has 0 spiro atoms. The number of hydrogen-bond donors (Lipinski definition) is 1. The van der Waals surface area contributed by atoms with Gasteiger partial charge in [0.25, 0.3) is 5.69 Å². The molecule has 0 aliphatic carbocycles. The third-order valence-corrected chi connectivity index (χ3v) is 2.44. The number of carbonyl (C=O) groups is 1. The molecule has 1 rings (SSSR count). The van der Waals surface area contributed by atoms with Gasteiger partial charge in [0, 0.05) is 18.6 Å². The minimum atomic E-state index is -0.636. The quantitative estimate of drug-likeness (QED) is 0.605. The molecular weight excluding hydrogens is 222 g/mol. The Balaban J connectivity index is 2.47. The summed E-state index contributed by atoms with van der Waals surface area (Å²) in [6.07, 6.45) is 0.610. The van der Waals surface area contributed by atoms with Crippen LogP contribution in [0.3, 0.4) is 0 Å². The summed E-state index contributed by atoms with van der Waals surface area (Å²) in [6, 6.07) is 6.20. The lowest BCUT2D eigenvalue weighted by atomic mass is 10.0. The Morgan fingerprint density at radius 2 is 2.00 bits per heavy atom. The monoisotopic (exact) mass is 237 g/mol. The number of rotatable bonds is 6. The van der Waals surface area contributed by atoms with Gasteiger partial charge in [0.1, 0.15) is 5.78 Å². The van der Waals surface area contributed by atoms with E-state index < -0.39 is 11.0 Å². The minimum Gasteiger partial charge on any atom is -0.393 e. The van der Waals surface area contributed by atoms with E-state index in [0.717, 1.165) is 5.56 Å². The fraction of sp³-hybridized carbons (Fsp3) is 0.417. The lowest BCUT2D eigenvalue weighted by Gasteiger charge is -2.07. The van der Waals surface area contributed by atoms with Crippen LogP contribution in [-0.2, 0) is 11.2 Å².